The van der Waals surface area contributed by atoms with Crippen molar-refractivity contribution in [1.29, 1.82) is 0 Å². The number of carbonyl (C=O) groups excluding carboxylic acids is 3. The SMILES string of the molecule is O=C(C[C@H]1NC(=O)N(Cc2ccc3c(c2)OCO3)C1=O)Nc1cccc(O)c1. The summed E-state index contributed by atoms with van der Waals surface area (Å²) >= 11 is 0. The molecule has 1 saturated heterocycles. The Bertz CT molecular complexity index is 960. The Kier molecular flexibility index (Phi) is 4.48. The summed E-state index contributed by atoms with van der Waals surface area (Å²) in [5.41, 5.74) is 1.11. The van der Waals surface area contributed by atoms with Gasteiger partial charge in [0.2, 0.25) is 12.7 Å². The summed E-state index contributed by atoms with van der Waals surface area (Å²) < 4.78 is 10.5. The number of hydrogen-bond donors (Lipinski definition) is 3. The first-order valence-corrected chi connectivity index (χ1v) is 8.59. The van der Waals surface area contributed by atoms with Gasteiger partial charge in [-0.05, 0) is 29.8 Å². The van der Waals surface area contributed by atoms with Gasteiger partial charge >= 0.3 is 6.03 Å². The van der Waals surface area contributed by atoms with Crippen molar-refractivity contribution in [3.63, 3.8) is 0 Å². The second-order valence-electron chi connectivity index (χ2n) is 6.42. The third kappa shape index (κ3) is 3.54. The van der Waals surface area contributed by atoms with E-state index in [-0.39, 0.29) is 25.5 Å². The molecule has 2 aromatic rings. The van der Waals surface area contributed by atoms with Gasteiger partial charge in [0.15, 0.2) is 11.5 Å². The highest BCUT2D eigenvalue weighted by atomic mass is 16.7. The zero-order chi connectivity index (χ0) is 19.7. The molecule has 0 aromatic heterocycles. The van der Waals surface area contributed by atoms with Gasteiger partial charge in [0.1, 0.15) is 11.8 Å². The number of fused-ring (bicyclic) bond motifs is 1. The van der Waals surface area contributed by atoms with Crippen LogP contribution in [0.1, 0.15) is 12.0 Å². The first-order chi connectivity index (χ1) is 13.5. The molecule has 9 nitrogen and oxygen atoms in total. The minimum absolute atomic E-state index is 0.0120. The summed E-state index contributed by atoms with van der Waals surface area (Å²) in [5.74, 6) is 0.259. The molecule has 2 heterocycles. The lowest BCUT2D eigenvalue weighted by Crippen LogP contribution is -2.34. The molecule has 9 heteroatoms. The number of rotatable bonds is 5. The van der Waals surface area contributed by atoms with Crippen LogP contribution in [0.4, 0.5) is 10.5 Å². The number of phenols is 1. The third-order valence-corrected chi connectivity index (χ3v) is 4.40. The number of aromatic hydroxyl groups is 1. The fraction of sp³-hybridized carbons (Fsp3) is 0.211. The number of urea groups is 1. The quantitative estimate of drug-likeness (QED) is 0.675. The van der Waals surface area contributed by atoms with E-state index in [1.807, 2.05) is 0 Å². The number of carbonyl (C=O) groups is 3. The van der Waals surface area contributed by atoms with Crippen molar-refractivity contribution >= 4 is 23.5 Å². The number of benzene rings is 2. The van der Waals surface area contributed by atoms with Crippen molar-refractivity contribution in [2.45, 2.75) is 19.0 Å². The van der Waals surface area contributed by atoms with Crippen molar-refractivity contribution in [2.75, 3.05) is 12.1 Å². The molecule has 28 heavy (non-hydrogen) atoms. The molecule has 1 atom stereocenters. The van der Waals surface area contributed by atoms with Crippen LogP contribution in [0.15, 0.2) is 42.5 Å². The first-order valence-electron chi connectivity index (χ1n) is 8.59. The van der Waals surface area contributed by atoms with E-state index in [1.165, 1.54) is 12.1 Å². The van der Waals surface area contributed by atoms with E-state index in [0.717, 1.165) is 4.90 Å². The lowest BCUT2D eigenvalue weighted by Gasteiger charge is -2.13. The third-order valence-electron chi connectivity index (χ3n) is 4.40. The minimum atomic E-state index is -0.946. The Balaban J connectivity index is 1.39. The van der Waals surface area contributed by atoms with E-state index in [2.05, 4.69) is 10.6 Å². The van der Waals surface area contributed by atoms with Crippen LogP contribution in [0.2, 0.25) is 0 Å². The number of anilines is 1. The molecule has 0 spiro atoms. The Morgan fingerprint density at radius 2 is 2.00 bits per heavy atom. The Hall–Kier alpha value is -3.75. The van der Waals surface area contributed by atoms with Crippen LogP contribution in [0.3, 0.4) is 0 Å². The maximum Gasteiger partial charge on any atom is 0.325 e. The molecular weight excluding hydrogens is 366 g/mol. The van der Waals surface area contributed by atoms with Crippen LogP contribution in [-0.4, -0.2) is 40.7 Å². The number of phenolic OH excluding ortho intramolecular Hbond substituents is 1. The fourth-order valence-corrected chi connectivity index (χ4v) is 3.07. The number of ether oxygens (including phenoxy) is 2. The molecular formula is C19H17N3O6. The largest absolute Gasteiger partial charge is 0.508 e. The molecule has 1 fully saturated rings. The first kappa shape index (κ1) is 17.7. The minimum Gasteiger partial charge on any atom is -0.508 e. The summed E-state index contributed by atoms with van der Waals surface area (Å²) in [6, 6.07) is 9.73. The van der Waals surface area contributed by atoms with Gasteiger partial charge in [-0.25, -0.2) is 4.79 Å². The number of nitrogens with one attached hydrogen (secondary N) is 2. The van der Waals surface area contributed by atoms with Crippen molar-refractivity contribution in [3.8, 4) is 17.2 Å². The summed E-state index contributed by atoms with van der Waals surface area (Å²) in [5, 5.41) is 14.5. The van der Waals surface area contributed by atoms with Crippen molar-refractivity contribution < 1.29 is 29.0 Å². The highest BCUT2D eigenvalue weighted by molar-refractivity contribution is 6.06. The maximum absolute atomic E-state index is 12.6. The summed E-state index contributed by atoms with van der Waals surface area (Å²) in [6.45, 7) is 0.199. The van der Waals surface area contributed by atoms with Crippen LogP contribution in [0, 0.1) is 0 Å². The van der Waals surface area contributed by atoms with Gasteiger partial charge in [-0.1, -0.05) is 12.1 Å². The van der Waals surface area contributed by atoms with E-state index in [9.17, 15) is 19.5 Å². The molecule has 144 valence electrons. The average Bonchev–Trinajstić information content (AvgIpc) is 3.21. The summed E-state index contributed by atoms with van der Waals surface area (Å²) in [4.78, 5) is 38.0. The molecule has 3 N–H and O–H groups in total. The van der Waals surface area contributed by atoms with Crippen molar-refractivity contribution in [1.82, 2.24) is 10.2 Å². The van der Waals surface area contributed by atoms with E-state index in [1.54, 1.807) is 30.3 Å². The van der Waals surface area contributed by atoms with Gasteiger partial charge in [-0.3, -0.25) is 14.5 Å². The summed E-state index contributed by atoms with van der Waals surface area (Å²) in [7, 11) is 0. The Morgan fingerprint density at radius 1 is 1.18 bits per heavy atom. The van der Waals surface area contributed by atoms with Gasteiger partial charge in [0.05, 0.1) is 13.0 Å². The van der Waals surface area contributed by atoms with Crippen molar-refractivity contribution in [3.05, 3.63) is 48.0 Å². The monoisotopic (exact) mass is 383 g/mol. The summed E-state index contributed by atoms with van der Waals surface area (Å²) in [6.07, 6.45) is -0.210. The predicted molar refractivity (Wildman–Crippen MR) is 96.8 cm³/mol. The lowest BCUT2D eigenvalue weighted by atomic mass is 10.1. The molecule has 0 saturated carbocycles. The standard InChI is InChI=1S/C19H17N3O6/c23-13-3-1-2-12(7-13)20-17(24)8-14-18(25)22(19(26)21-14)9-11-4-5-15-16(6-11)28-10-27-15/h1-7,14,23H,8-10H2,(H,20,24)(H,21,26)/t14-/m1/s1. The highest BCUT2D eigenvalue weighted by Gasteiger charge is 2.39. The van der Waals surface area contributed by atoms with E-state index < -0.39 is 23.9 Å². The normalized spacial score (nSPS) is 17.6. The molecule has 2 aliphatic rings. The van der Waals surface area contributed by atoms with E-state index >= 15 is 0 Å². The topological polar surface area (TPSA) is 117 Å². The van der Waals surface area contributed by atoms with Crippen molar-refractivity contribution in [2.24, 2.45) is 0 Å². The molecule has 4 rings (SSSR count). The molecule has 0 aliphatic carbocycles. The molecule has 0 bridgehead atoms. The zero-order valence-corrected chi connectivity index (χ0v) is 14.7. The molecule has 2 aliphatic heterocycles. The van der Waals surface area contributed by atoms with Gasteiger partial charge in [-0.15, -0.1) is 0 Å². The number of nitrogens with zero attached hydrogens (tertiary/aromatic N) is 1. The van der Waals surface area contributed by atoms with Crippen LogP contribution in [0.5, 0.6) is 17.2 Å². The zero-order valence-electron chi connectivity index (χ0n) is 14.7. The van der Waals surface area contributed by atoms with Gasteiger partial charge in [-0.2, -0.15) is 0 Å². The molecule has 4 amide bonds. The average molecular weight is 383 g/mol. The smallest absolute Gasteiger partial charge is 0.325 e. The fourth-order valence-electron chi connectivity index (χ4n) is 3.07. The number of hydrogen-bond acceptors (Lipinski definition) is 6. The maximum atomic E-state index is 12.6. The Morgan fingerprint density at radius 3 is 2.82 bits per heavy atom. The van der Waals surface area contributed by atoms with Crippen LogP contribution >= 0.6 is 0 Å². The molecule has 0 unspecified atom stereocenters. The van der Waals surface area contributed by atoms with Crippen LogP contribution < -0.4 is 20.1 Å². The number of imide groups is 1. The van der Waals surface area contributed by atoms with E-state index in [4.69, 9.17) is 9.47 Å². The van der Waals surface area contributed by atoms with E-state index in [0.29, 0.717) is 22.7 Å². The second kappa shape index (κ2) is 7.10. The number of amides is 4. The predicted octanol–water partition coefficient (Wildman–Crippen LogP) is 1.57. The Labute approximate surface area is 159 Å². The van der Waals surface area contributed by atoms with Crippen LogP contribution in [-0.2, 0) is 16.1 Å². The molecule has 2 aromatic carbocycles. The highest BCUT2D eigenvalue weighted by Crippen LogP contribution is 2.33. The van der Waals surface area contributed by atoms with Gasteiger partial charge in [0, 0.05) is 11.8 Å². The van der Waals surface area contributed by atoms with Crippen LogP contribution in [0.25, 0.3) is 0 Å². The second-order valence-corrected chi connectivity index (χ2v) is 6.42. The lowest BCUT2D eigenvalue weighted by molar-refractivity contribution is -0.130. The van der Waals surface area contributed by atoms with Gasteiger partial charge < -0.3 is 25.2 Å². The molecule has 0 radical (unpaired) electrons. The van der Waals surface area contributed by atoms with Gasteiger partial charge in [0.25, 0.3) is 5.91 Å².